The molecular weight excluding hydrogens is 372 g/mol. The number of rotatable bonds is 4. The van der Waals surface area contributed by atoms with Gasteiger partial charge in [0.15, 0.2) is 0 Å². The lowest BCUT2D eigenvalue weighted by atomic mass is 10.1. The van der Waals surface area contributed by atoms with E-state index in [0.29, 0.717) is 12.1 Å². The number of nitrogens with zero attached hydrogens (tertiary/aromatic N) is 1. The van der Waals surface area contributed by atoms with E-state index in [0.717, 1.165) is 36.5 Å². The number of nitrogens with one attached hydrogen (secondary N) is 2. The SMILES string of the molecule is Cl.Cl.O=C(N[C@H]1CCCNC1)c1csc(Cc2ccc(F)cc2)n1. The molecule has 2 N–H and O–H groups in total. The van der Waals surface area contributed by atoms with E-state index in [1.807, 2.05) is 0 Å². The Balaban J connectivity index is 0.00000144. The monoisotopic (exact) mass is 391 g/mol. The Kier molecular flexibility index (Phi) is 8.62. The van der Waals surface area contributed by atoms with Gasteiger partial charge in [-0.25, -0.2) is 9.37 Å². The molecule has 132 valence electrons. The van der Waals surface area contributed by atoms with Crippen LogP contribution >= 0.6 is 36.2 Å². The summed E-state index contributed by atoms with van der Waals surface area (Å²) >= 11 is 1.46. The highest BCUT2D eigenvalue weighted by Crippen LogP contribution is 2.15. The molecule has 0 bridgehead atoms. The smallest absolute Gasteiger partial charge is 0.271 e. The van der Waals surface area contributed by atoms with Gasteiger partial charge < -0.3 is 10.6 Å². The Morgan fingerprint density at radius 3 is 2.75 bits per heavy atom. The van der Waals surface area contributed by atoms with E-state index < -0.39 is 0 Å². The average Bonchev–Trinajstić information content (AvgIpc) is 2.99. The maximum Gasteiger partial charge on any atom is 0.271 e. The van der Waals surface area contributed by atoms with Crippen molar-refractivity contribution >= 4 is 42.1 Å². The van der Waals surface area contributed by atoms with Crippen LogP contribution in [0.15, 0.2) is 29.6 Å². The quantitative estimate of drug-likeness (QED) is 0.840. The molecule has 0 spiro atoms. The minimum absolute atomic E-state index is 0. The van der Waals surface area contributed by atoms with Gasteiger partial charge in [-0.2, -0.15) is 0 Å². The molecule has 1 amide bonds. The number of thiazole rings is 1. The van der Waals surface area contributed by atoms with E-state index in [9.17, 15) is 9.18 Å². The molecule has 8 heteroatoms. The molecule has 0 aliphatic carbocycles. The molecule has 1 aromatic heterocycles. The molecule has 0 unspecified atom stereocenters. The van der Waals surface area contributed by atoms with Crippen molar-refractivity contribution in [3.8, 4) is 0 Å². The van der Waals surface area contributed by atoms with Crippen LogP contribution in [0.1, 0.15) is 33.9 Å². The summed E-state index contributed by atoms with van der Waals surface area (Å²) in [4.78, 5) is 16.6. The molecule has 0 radical (unpaired) electrons. The van der Waals surface area contributed by atoms with E-state index in [4.69, 9.17) is 0 Å². The van der Waals surface area contributed by atoms with Crippen LogP contribution in [-0.4, -0.2) is 30.0 Å². The summed E-state index contributed by atoms with van der Waals surface area (Å²) in [6, 6.07) is 6.54. The van der Waals surface area contributed by atoms with Gasteiger partial charge in [0.2, 0.25) is 0 Å². The van der Waals surface area contributed by atoms with Crippen LogP contribution in [0.5, 0.6) is 0 Å². The first-order valence-electron chi connectivity index (χ1n) is 7.41. The van der Waals surface area contributed by atoms with E-state index in [-0.39, 0.29) is 42.6 Å². The Bertz CT molecular complexity index is 645. The predicted octanol–water partition coefficient (Wildman–Crippen LogP) is 3.20. The van der Waals surface area contributed by atoms with Crippen molar-refractivity contribution < 1.29 is 9.18 Å². The number of aromatic nitrogens is 1. The van der Waals surface area contributed by atoms with Gasteiger partial charge in [0.05, 0.1) is 5.01 Å². The molecule has 0 saturated carbocycles. The number of halogens is 3. The van der Waals surface area contributed by atoms with Gasteiger partial charge in [0, 0.05) is 24.4 Å². The lowest BCUT2D eigenvalue weighted by Gasteiger charge is -2.23. The molecule has 1 saturated heterocycles. The van der Waals surface area contributed by atoms with Gasteiger partial charge in [-0.05, 0) is 37.1 Å². The molecule has 1 aromatic carbocycles. The number of hydrogen-bond acceptors (Lipinski definition) is 4. The van der Waals surface area contributed by atoms with Crippen LogP contribution in [0, 0.1) is 5.82 Å². The molecular formula is C16H20Cl2FN3OS. The third-order valence-corrected chi connectivity index (χ3v) is 4.53. The fraction of sp³-hybridized carbons (Fsp3) is 0.375. The topological polar surface area (TPSA) is 54.0 Å². The molecule has 1 aliphatic heterocycles. The van der Waals surface area contributed by atoms with Crippen molar-refractivity contribution in [2.45, 2.75) is 25.3 Å². The lowest BCUT2D eigenvalue weighted by Crippen LogP contribution is -2.45. The van der Waals surface area contributed by atoms with Crippen LogP contribution in [0.25, 0.3) is 0 Å². The lowest BCUT2D eigenvalue weighted by molar-refractivity contribution is 0.0926. The summed E-state index contributed by atoms with van der Waals surface area (Å²) in [6.07, 6.45) is 2.70. The fourth-order valence-corrected chi connectivity index (χ4v) is 3.32. The summed E-state index contributed by atoms with van der Waals surface area (Å²) in [7, 11) is 0. The molecule has 24 heavy (non-hydrogen) atoms. The molecule has 1 fully saturated rings. The van der Waals surface area contributed by atoms with E-state index in [1.165, 1.54) is 23.5 Å². The summed E-state index contributed by atoms with van der Waals surface area (Å²) in [6.45, 7) is 1.84. The second-order valence-corrected chi connectivity index (χ2v) is 6.39. The molecule has 2 aromatic rings. The fourth-order valence-electron chi connectivity index (χ4n) is 2.51. The van der Waals surface area contributed by atoms with Crippen LogP contribution < -0.4 is 10.6 Å². The Morgan fingerprint density at radius 1 is 1.33 bits per heavy atom. The van der Waals surface area contributed by atoms with Crippen LogP contribution in [-0.2, 0) is 6.42 Å². The van der Waals surface area contributed by atoms with Crippen LogP contribution in [0.2, 0.25) is 0 Å². The molecule has 2 heterocycles. The van der Waals surface area contributed by atoms with Crippen molar-refractivity contribution in [3.05, 3.63) is 51.7 Å². The van der Waals surface area contributed by atoms with Gasteiger partial charge >= 0.3 is 0 Å². The van der Waals surface area contributed by atoms with Gasteiger partial charge in [0.25, 0.3) is 5.91 Å². The maximum atomic E-state index is 12.9. The summed E-state index contributed by atoms with van der Waals surface area (Å²) in [5, 5.41) is 8.93. The molecule has 3 rings (SSSR count). The minimum atomic E-state index is -0.246. The van der Waals surface area contributed by atoms with E-state index in [2.05, 4.69) is 15.6 Å². The highest BCUT2D eigenvalue weighted by molar-refractivity contribution is 7.09. The van der Waals surface area contributed by atoms with Gasteiger partial charge in [-0.15, -0.1) is 36.2 Å². The third-order valence-electron chi connectivity index (χ3n) is 3.69. The van der Waals surface area contributed by atoms with Crippen molar-refractivity contribution in [2.75, 3.05) is 13.1 Å². The second kappa shape index (κ2) is 9.93. The second-order valence-electron chi connectivity index (χ2n) is 5.45. The maximum absolute atomic E-state index is 12.9. The third kappa shape index (κ3) is 5.70. The highest BCUT2D eigenvalue weighted by Gasteiger charge is 2.18. The first kappa shape index (κ1) is 20.8. The van der Waals surface area contributed by atoms with Gasteiger partial charge in [-0.3, -0.25) is 4.79 Å². The first-order chi connectivity index (χ1) is 10.7. The first-order valence-corrected chi connectivity index (χ1v) is 8.29. The number of carbonyl (C=O) groups excluding carboxylic acids is 1. The zero-order valence-corrected chi connectivity index (χ0v) is 15.4. The standard InChI is InChI=1S/C16H18FN3OS.2ClH/c17-12-5-3-11(4-6-12)8-15-20-14(10-22-15)16(21)19-13-2-1-7-18-9-13;;/h3-6,10,13,18H,1-2,7-9H2,(H,19,21);2*1H/t13-;;/m0../s1. The van der Waals surface area contributed by atoms with Crippen molar-refractivity contribution in [2.24, 2.45) is 0 Å². The summed E-state index contributed by atoms with van der Waals surface area (Å²) in [5.41, 5.74) is 1.45. The van der Waals surface area contributed by atoms with Crippen molar-refractivity contribution in [3.63, 3.8) is 0 Å². The number of benzene rings is 1. The molecule has 1 atom stereocenters. The van der Waals surface area contributed by atoms with Crippen LogP contribution in [0.3, 0.4) is 0 Å². The van der Waals surface area contributed by atoms with Crippen LogP contribution in [0.4, 0.5) is 4.39 Å². The van der Waals surface area contributed by atoms with Gasteiger partial charge in [-0.1, -0.05) is 12.1 Å². The zero-order chi connectivity index (χ0) is 15.4. The minimum Gasteiger partial charge on any atom is -0.347 e. The van der Waals surface area contributed by atoms with Gasteiger partial charge in [0.1, 0.15) is 11.5 Å². The molecule has 1 aliphatic rings. The zero-order valence-electron chi connectivity index (χ0n) is 13.0. The Hall–Kier alpha value is -1.21. The summed E-state index contributed by atoms with van der Waals surface area (Å²) in [5.74, 6) is -0.362. The van der Waals surface area contributed by atoms with Crippen molar-refractivity contribution in [1.82, 2.24) is 15.6 Å². The number of hydrogen-bond donors (Lipinski definition) is 2. The highest BCUT2D eigenvalue weighted by atomic mass is 35.5. The summed E-state index contributed by atoms with van der Waals surface area (Å²) < 4.78 is 12.9. The predicted molar refractivity (Wildman–Crippen MR) is 99.2 cm³/mol. The largest absolute Gasteiger partial charge is 0.347 e. The number of piperidine rings is 1. The number of carbonyl (C=O) groups is 1. The Labute approximate surface area is 157 Å². The van der Waals surface area contributed by atoms with Crippen molar-refractivity contribution in [1.29, 1.82) is 0 Å². The Morgan fingerprint density at radius 2 is 2.08 bits per heavy atom. The van der Waals surface area contributed by atoms with E-state index in [1.54, 1.807) is 17.5 Å². The molecule has 4 nitrogen and oxygen atoms in total. The normalized spacial score (nSPS) is 16.6. The average molecular weight is 392 g/mol. The number of amides is 1. The van der Waals surface area contributed by atoms with E-state index >= 15 is 0 Å².